The summed E-state index contributed by atoms with van der Waals surface area (Å²) >= 11 is 0. The summed E-state index contributed by atoms with van der Waals surface area (Å²) in [6.45, 7) is 3.48. The number of fused-ring (bicyclic) bond motifs is 1. The van der Waals surface area contributed by atoms with Crippen LogP contribution >= 0.6 is 0 Å². The van der Waals surface area contributed by atoms with Crippen molar-refractivity contribution in [3.63, 3.8) is 0 Å². The number of aromatic nitrogens is 3. The summed E-state index contributed by atoms with van der Waals surface area (Å²) in [7, 11) is 2.92. The molecule has 2 aromatic heterocycles. The van der Waals surface area contributed by atoms with Gasteiger partial charge in [-0.2, -0.15) is 9.61 Å². The summed E-state index contributed by atoms with van der Waals surface area (Å²) in [5, 5.41) is 22.7. The number of carbonyl (C=O) groups excluding carboxylic acids is 1. The molecule has 4 N–H and O–H groups in total. The topological polar surface area (TPSA) is 113 Å². The molecule has 11 heteroatoms. The molecule has 166 valence electrons. The predicted molar refractivity (Wildman–Crippen MR) is 112 cm³/mol. The molecule has 3 rings (SSSR count). The van der Waals surface area contributed by atoms with Gasteiger partial charge in [-0.05, 0) is 13.3 Å². The number of benzene rings is 1. The zero-order valence-electron chi connectivity index (χ0n) is 17.6. The van der Waals surface area contributed by atoms with Crippen LogP contribution in [-0.4, -0.2) is 51.9 Å². The van der Waals surface area contributed by atoms with E-state index in [2.05, 4.69) is 26.0 Å². The molecule has 1 unspecified atom stereocenters. The van der Waals surface area contributed by atoms with Gasteiger partial charge in [-0.25, -0.2) is 13.8 Å². The number of hydrogen-bond donors (Lipinski definition) is 4. The van der Waals surface area contributed by atoms with Gasteiger partial charge in [-0.15, -0.1) is 0 Å². The van der Waals surface area contributed by atoms with Gasteiger partial charge in [0.05, 0.1) is 24.6 Å². The lowest BCUT2D eigenvalue weighted by Gasteiger charge is -2.21. The van der Waals surface area contributed by atoms with Gasteiger partial charge in [0.2, 0.25) is 0 Å². The highest BCUT2D eigenvalue weighted by molar-refractivity contribution is 6.00. The van der Waals surface area contributed by atoms with E-state index in [-0.39, 0.29) is 35.0 Å². The zero-order valence-corrected chi connectivity index (χ0v) is 17.6. The van der Waals surface area contributed by atoms with Crippen molar-refractivity contribution < 1.29 is 23.4 Å². The fourth-order valence-corrected chi connectivity index (χ4v) is 2.85. The Kier molecular flexibility index (Phi) is 6.25. The van der Waals surface area contributed by atoms with Crippen LogP contribution in [0, 0.1) is 11.6 Å². The smallest absolute Gasteiger partial charge is 0.256 e. The highest BCUT2D eigenvalue weighted by Crippen LogP contribution is 2.32. The lowest BCUT2D eigenvalue weighted by molar-refractivity contribution is 0.0518. The number of ether oxygens (including phenoxy) is 1. The fraction of sp³-hybridized carbons (Fsp3) is 0.350. The number of anilines is 3. The number of amides is 1. The molecule has 0 saturated carbocycles. The van der Waals surface area contributed by atoms with Gasteiger partial charge >= 0.3 is 0 Å². The van der Waals surface area contributed by atoms with E-state index in [4.69, 9.17) is 4.74 Å². The van der Waals surface area contributed by atoms with Gasteiger partial charge in [0.1, 0.15) is 23.0 Å². The molecule has 1 amide bonds. The Morgan fingerprint density at radius 3 is 2.71 bits per heavy atom. The van der Waals surface area contributed by atoms with Crippen LogP contribution in [0.15, 0.2) is 24.4 Å². The minimum Gasteiger partial charge on any atom is -0.492 e. The number of nitrogens with zero attached hydrogens (tertiary/aromatic N) is 3. The highest BCUT2D eigenvalue weighted by atomic mass is 19.1. The molecule has 0 radical (unpaired) electrons. The van der Waals surface area contributed by atoms with Gasteiger partial charge in [0.15, 0.2) is 17.2 Å². The molecule has 0 saturated heterocycles. The Bertz CT molecular complexity index is 1120. The van der Waals surface area contributed by atoms with Crippen LogP contribution in [0.5, 0.6) is 5.75 Å². The number of methoxy groups -OCH3 is 1. The van der Waals surface area contributed by atoms with Crippen LogP contribution in [0.1, 0.15) is 30.6 Å². The molecule has 0 spiro atoms. The molecule has 0 bridgehead atoms. The molecular weight excluding hydrogens is 410 g/mol. The predicted octanol–water partition coefficient (Wildman–Crippen LogP) is 2.69. The quantitative estimate of drug-likeness (QED) is 0.431. The van der Waals surface area contributed by atoms with E-state index in [1.54, 1.807) is 20.0 Å². The molecule has 9 nitrogen and oxygen atoms in total. The van der Waals surface area contributed by atoms with Gasteiger partial charge in [0.25, 0.3) is 5.91 Å². The van der Waals surface area contributed by atoms with E-state index in [0.29, 0.717) is 18.3 Å². The highest BCUT2D eigenvalue weighted by Gasteiger charge is 2.22. The lowest BCUT2D eigenvalue weighted by atomic mass is 10.0. The van der Waals surface area contributed by atoms with Gasteiger partial charge < -0.3 is 25.8 Å². The minimum atomic E-state index is -1.05. The maximum absolute atomic E-state index is 14.0. The largest absolute Gasteiger partial charge is 0.492 e. The second-order valence-corrected chi connectivity index (χ2v) is 7.20. The van der Waals surface area contributed by atoms with Crippen molar-refractivity contribution in [2.45, 2.75) is 25.9 Å². The number of aliphatic hydroxyl groups is 1. The Labute approximate surface area is 177 Å². The van der Waals surface area contributed by atoms with Gasteiger partial charge in [-0.3, -0.25) is 4.79 Å². The Morgan fingerprint density at radius 2 is 2.06 bits per heavy atom. The molecule has 0 aliphatic carbocycles. The minimum absolute atomic E-state index is 0.0309. The van der Waals surface area contributed by atoms with Crippen molar-refractivity contribution >= 4 is 28.9 Å². The van der Waals surface area contributed by atoms with Crippen molar-refractivity contribution in [2.24, 2.45) is 0 Å². The van der Waals surface area contributed by atoms with E-state index < -0.39 is 23.1 Å². The molecular formula is C20H24F2N6O3. The first-order valence-electron chi connectivity index (χ1n) is 9.56. The molecule has 2 heterocycles. The third-order valence-corrected chi connectivity index (χ3v) is 4.84. The van der Waals surface area contributed by atoms with E-state index >= 15 is 0 Å². The second kappa shape index (κ2) is 8.72. The standard InChI is InChI=1S/C20H24F2N6O3/c1-5-20(2,30)10-24-19(29)12-9-25-28-16(23-3)8-15(27-18(12)28)26-14-7-11(21)6-13(22)17(14)31-4/h6-9,23,30H,5,10H2,1-4H3,(H,24,29)(H,26,27). The molecule has 0 aliphatic heterocycles. The van der Waals surface area contributed by atoms with Crippen LogP contribution < -0.4 is 20.7 Å². The summed E-state index contributed by atoms with van der Waals surface area (Å²) in [6, 6.07) is 3.35. The Morgan fingerprint density at radius 1 is 1.32 bits per heavy atom. The average Bonchev–Trinajstić information content (AvgIpc) is 3.15. The summed E-state index contributed by atoms with van der Waals surface area (Å²) in [5.74, 6) is -1.62. The van der Waals surface area contributed by atoms with Crippen molar-refractivity contribution in [3.8, 4) is 5.75 Å². The van der Waals surface area contributed by atoms with Crippen molar-refractivity contribution in [2.75, 3.05) is 31.3 Å². The van der Waals surface area contributed by atoms with Gasteiger partial charge in [0, 0.05) is 31.8 Å². The fourth-order valence-electron chi connectivity index (χ4n) is 2.85. The normalized spacial score (nSPS) is 13.0. The first-order chi connectivity index (χ1) is 14.7. The molecule has 1 aromatic carbocycles. The van der Waals surface area contributed by atoms with Crippen LogP contribution in [0.4, 0.5) is 26.1 Å². The maximum Gasteiger partial charge on any atom is 0.256 e. The van der Waals surface area contributed by atoms with Gasteiger partial charge in [-0.1, -0.05) is 6.92 Å². The molecule has 0 fully saturated rings. The number of nitrogens with one attached hydrogen (secondary N) is 3. The van der Waals surface area contributed by atoms with E-state index in [1.807, 2.05) is 6.92 Å². The summed E-state index contributed by atoms with van der Waals surface area (Å²) in [4.78, 5) is 17.1. The summed E-state index contributed by atoms with van der Waals surface area (Å²) in [6.07, 6.45) is 1.82. The number of rotatable bonds is 8. The van der Waals surface area contributed by atoms with E-state index in [1.165, 1.54) is 17.8 Å². The third-order valence-electron chi connectivity index (χ3n) is 4.84. The molecule has 31 heavy (non-hydrogen) atoms. The number of hydrogen-bond acceptors (Lipinski definition) is 7. The monoisotopic (exact) mass is 434 g/mol. The van der Waals surface area contributed by atoms with Crippen molar-refractivity contribution in [1.82, 2.24) is 19.9 Å². The molecule has 3 aromatic rings. The van der Waals surface area contributed by atoms with Crippen molar-refractivity contribution in [1.29, 1.82) is 0 Å². The SMILES string of the molecule is CCC(C)(O)CNC(=O)c1cnn2c(NC)cc(Nc3cc(F)cc(F)c3OC)nc12. The summed E-state index contributed by atoms with van der Waals surface area (Å²) in [5.41, 5.74) is -0.640. The number of halogens is 2. The summed E-state index contributed by atoms with van der Waals surface area (Å²) < 4.78 is 34.2. The van der Waals surface area contributed by atoms with Crippen molar-refractivity contribution in [3.05, 3.63) is 41.6 Å². The molecule has 0 aliphatic rings. The Balaban J connectivity index is 2.00. The maximum atomic E-state index is 14.0. The first-order valence-corrected chi connectivity index (χ1v) is 9.56. The van der Waals surface area contributed by atoms with E-state index in [0.717, 1.165) is 6.07 Å². The zero-order chi connectivity index (χ0) is 22.8. The average molecular weight is 434 g/mol. The first kappa shape index (κ1) is 22.2. The lowest BCUT2D eigenvalue weighted by Crippen LogP contribution is -2.40. The van der Waals surface area contributed by atoms with E-state index in [9.17, 15) is 18.7 Å². The van der Waals surface area contributed by atoms with Crippen LogP contribution in [0.2, 0.25) is 0 Å². The third kappa shape index (κ3) is 4.66. The van der Waals surface area contributed by atoms with Crippen LogP contribution in [0.3, 0.4) is 0 Å². The van der Waals surface area contributed by atoms with Crippen LogP contribution in [-0.2, 0) is 0 Å². The Hall–Kier alpha value is -3.47. The number of carbonyl (C=O) groups is 1. The second-order valence-electron chi connectivity index (χ2n) is 7.20. The van der Waals surface area contributed by atoms with Crippen LogP contribution in [0.25, 0.3) is 5.65 Å². The molecule has 1 atom stereocenters.